The van der Waals surface area contributed by atoms with Crippen molar-refractivity contribution in [1.82, 2.24) is 0 Å². The molecule has 0 amide bonds. The van der Waals surface area contributed by atoms with Gasteiger partial charge in [0.2, 0.25) is 0 Å². The second-order valence-electron chi connectivity index (χ2n) is 6.92. The zero-order chi connectivity index (χ0) is 19.0. The monoisotopic (exact) mass is 358 g/mol. The predicted octanol–water partition coefficient (Wildman–Crippen LogP) is 4.63. The van der Waals surface area contributed by atoms with Gasteiger partial charge in [-0.25, -0.2) is 4.79 Å². The van der Waals surface area contributed by atoms with Crippen LogP contribution in [0, 0.1) is 6.92 Å². The van der Waals surface area contributed by atoms with Crippen LogP contribution >= 0.6 is 0 Å². The Morgan fingerprint density at radius 3 is 2.67 bits per heavy atom. The van der Waals surface area contributed by atoms with Gasteiger partial charge in [-0.3, -0.25) is 4.79 Å². The second kappa shape index (κ2) is 6.75. The number of carboxylic acid groups (broad SMARTS) is 1. The van der Waals surface area contributed by atoms with Crippen LogP contribution in [-0.2, 0) is 4.79 Å². The molecule has 4 heteroatoms. The molecule has 0 aliphatic heterocycles. The summed E-state index contributed by atoms with van der Waals surface area (Å²) in [6.45, 7) is 2.07. The first-order chi connectivity index (χ1) is 13.0. The molecule has 1 aliphatic carbocycles. The number of aryl methyl sites for hydroxylation is 1. The highest BCUT2D eigenvalue weighted by Crippen LogP contribution is 2.54. The normalized spacial score (nSPS) is 18.0. The molecule has 2 atom stereocenters. The maximum atomic E-state index is 12.6. The Balaban J connectivity index is 1.63. The SMILES string of the molecule is Cc1ccc(C2CC2c2cc(=O)c3cc(C=C=CC(=O)O)ccc3o2)cc1. The summed E-state index contributed by atoms with van der Waals surface area (Å²) >= 11 is 0. The van der Waals surface area contributed by atoms with Crippen LogP contribution in [-0.4, -0.2) is 11.1 Å². The molecular weight excluding hydrogens is 340 g/mol. The van der Waals surface area contributed by atoms with Gasteiger partial charge in [0.1, 0.15) is 11.3 Å². The molecule has 134 valence electrons. The highest BCUT2D eigenvalue weighted by Gasteiger charge is 2.41. The van der Waals surface area contributed by atoms with Gasteiger partial charge in [-0.2, -0.15) is 0 Å². The van der Waals surface area contributed by atoms with E-state index < -0.39 is 5.97 Å². The molecule has 1 saturated carbocycles. The number of carbonyl (C=O) groups is 1. The van der Waals surface area contributed by atoms with Crippen LogP contribution in [0.5, 0.6) is 0 Å². The van der Waals surface area contributed by atoms with Crippen molar-refractivity contribution in [3.63, 3.8) is 0 Å². The molecule has 27 heavy (non-hydrogen) atoms. The van der Waals surface area contributed by atoms with E-state index in [4.69, 9.17) is 9.52 Å². The summed E-state index contributed by atoms with van der Waals surface area (Å²) in [6.07, 6.45) is 3.43. The zero-order valence-electron chi connectivity index (χ0n) is 14.8. The number of hydrogen-bond acceptors (Lipinski definition) is 3. The molecule has 1 heterocycles. The number of rotatable bonds is 4. The van der Waals surface area contributed by atoms with E-state index in [-0.39, 0.29) is 11.3 Å². The first-order valence-electron chi connectivity index (χ1n) is 8.81. The van der Waals surface area contributed by atoms with Gasteiger partial charge in [-0.15, -0.1) is 5.73 Å². The van der Waals surface area contributed by atoms with Crippen molar-refractivity contribution in [3.8, 4) is 0 Å². The Kier molecular flexibility index (Phi) is 4.27. The van der Waals surface area contributed by atoms with Gasteiger partial charge in [0, 0.05) is 12.0 Å². The minimum Gasteiger partial charge on any atom is -0.478 e. The lowest BCUT2D eigenvalue weighted by Gasteiger charge is -2.04. The van der Waals surface area contributed by atoms with Crippen LogP contribution in [0.2, 0.25) is 0 Å². The third kappa shape index (κ3) is 3.62. The van der Waals surface area contributed by atoms with E-state index >= 15 is 0 Å². The van der Waals surface area contributed by atoms with E-state index in [1.54, 1.807) is 24.3 Å². The average Bonchev–Trinajstić information content (AvgIpc) is 3.43. The Bertz CT molecular complexity index is 1150. The van der Waals surface area contributed by atoms with Gasteiger partial charge in [0.25, 0.3) is 0 Å². The highest BCUT2D eigenvalue weighted by atomic mass is 16.4. The van der Waals surface area contributed by atoms with Gasteiger partial charge in [-0.1, -0.05) is 35.9 Å². The van der Waals surface area contributed by atoms with Crippen molar-refractivity contribution in [2.75, 3.05) is 0 Å². The largest absolute Gasteiger partial charge is 0.478 e. The van der Waals surface area contributed by atoms with Crippen LogP contribution in [0.3, 0.4) is 0 Å². The molecule has 1 aromatic heterocycles. The first kappa shape index (κ1) is 17.1. The van der Waals surface area contributed by atoms with Crippen molar-refractivity contribution in [1.29, 1.82) is 0 Å². The highest BCUT2D eigenvalue weighted by molar-refractivity contribution is 5.82. The molecule has 4 nitrogen and oxygen atoms in total. The lowest BCUT2D eigenvalue weighted by Crippen LogP contribution is -2.02. The van der Waals surface area contributed by atoms with E-state index in [1.807, 2.05) is 0 Å². The van der Waals surface area contributed by atoms with Crippen LogP contribution in [0.1, 0.15) is 40.7 Å². The topological polar surface area (TPSA) is 67.5 Å². The molecule has 1 fully saturated rings. The summed E-state index contributed by atoms with van der Waals surface area (Å²) in [4.78, 5) is 23.1. The minimum atomic E-state index is -1.07. The summed E-state index contributed by atoms with van der Waals surface area (Å²) in [5.74, 6) is 0.299. The molecule has 4 rings (SSSR count). The number of benzene rings is 2. The van der Waals surface area contributed by atoms with E-state index in [2.05, 4.69) is 36.9 Å². The van der Waals surface area contributed by atoms with Crippen molar-refractivity contribution in [2.24, 2.45) is 0 Å². The molecule has 2 unspecified atom stereocenters. The van der Waals surface area contributed by atoms with Crippen LogP contribution in [0.4, 0.5) is 0 Å². The molecule has 1 aliphatic rings. The Morgan fingerprint density at radius 2 is 1.93 bits per heavy atom. The van der Waals surface area contributed by atoms with Crippen LogP contribution in [0.15, 0.2) is 69.5 Å². The van der Waals surface area contributed by atoms with E-state index in [0.717, 1.165) is 18.3 Å². The maximum Gasteiger partial charge on any atom is 0.336 e. The molecule has 0 spiro atoms. The molecule has 2 aromatic carbocycles. The van der Waals surface area contributed by atoms with E-state index in [0.29, 0.717) is 22.5 Å². The lowest BCUT2D eigenvalue weighted by molar-refractivity contribution is -0.131. The number of carboxylic acids is 1. The third-order valence-corrected chi connectivity index (χ3v) is 4.89. The van der Waals surface area contributed by atoms with Gasteiger partial charge >= 0.3 is 5.97 Å². The summed E-state index contributed by atoms with van der Waals surface area (Å²) < 4.78 is 6.00. The molecule has 0 bridgehead atoms. The second-order valence-corrected chi connectivity index (χ2v) is 6.92. The van der Waals surface area contributed by atoms with Crippen LogP contribution in [0.25, 0.3) is 17.0 Å². The fourth-order valence-corrected chi connectivity index (χ4v) is 3.37. The summed E-state index contributed by atoms with van der Waals surface area (Å²) in [5.41, 5.74) is 6.24. The fourth-order valence-electron chi connectivity index (χ4n) is 3.37. The van der Waals surface area contributed by atoms with E-state index in [1.165, 1.54) is 17.2 Å². The Labute approximate surface area is 156 Å². The zero-order valence-corrected chi connectivity index (χ0v) is 14.8. The number of aliphatic carboxylic acids is 1. The fraction of sp³-hybridized carbons (Fsp3) is 0.174. The van der Waals surface area contributed by atoms with Gasteiger partial charge in [-0.05, 0) is 48.6 Å². The van der Waals surface area contributed by atoms with Crippen molar-refractivity contribution >= 4 is 23.0 Å². The molecule has 0 radical (unpaired) electrons. The summed E-state index contributed by atoms with van der Waals surface area (Å²) in [7, 11) is 0. The van der Waals surface area contributed by atoms with Gasteiger partial charge in [0.05, 0.1) is 11.5 Å². The minimum absolute atomic E-state index is 0.0849. The summed E-state index contributed by atoms with van der Waals surface area (Å²) in [6, 6.07) is 15.3. The Morgan fingerprint density at radius 1 is 1.15 bits per heavy atom. The quantitative estimate of drug-likeness (QED) is 0.546. The molecule has 0 saturated heterocycles. The van der Waals surface area contributed by atoms with Crippen LogP contribution < -0.4 is 5.43 Å². The number of hydrogen-bond donors (Lipinski definition) is 1. The van der Waals surface area contributed by atoms with Crippen molar-refractivity contribution in [3.05, 3.63) is 93.0 Å². The first-order valence-corrected chi connectivity index (χ1v) is 8.81. The van der Waals surface area contributed by atoms with Crippen molar-refractivity contribution < 1.29 is 14.3 Å². The van der Waals surface area contributed by atoms with Crippen molar-refractivity contribution in [2.45, 2.75) is 25.2 Å². The standard InChI is InChI=1S/C23H18O4/c1-14-5-8-16(9-6-14)17-12-18(17)22-13-20(24)19-11-15(3-2-4-23(25)26)7-10-21(19)27-22/h3-11,13,17-18H,12H2,1H3,(H,25,26). The summed E-state index contributed by atoms with van der Waals surface area (Å²) in [5, 5.41) is 9.09. The number of fused-ring (bicyclic) bond motifs is 1. The van der Waals surface area contributed by atoms with E-state index in [9.17, 15) is 9.59 Å². The molecule has 3 aromatic rings. The molecule has 1 N–H and O–H groups in total. The molecular formula is C23H18O4. The van der Waals surface area contributed by atoms with Gasteiger partial charge < -0.3 is 9.52 Å². The average molecular weight is 358 g/mol. The Hall–Kier alpha value is -3.36. The smallest absolute Gasteiger partial charge is 0.336 e. The lowest BCUT2D eigenvalue weighted by atomic mass is 10.1. The predicted molar refractivity (Wildman–Crippen MR) is 104 cm³/mol. The third-order valence-electron chi connectivity index (χ3n) is 4.89. The maximum absolute atomic E-state index is 12.6. The van der Waals surface area contributed by atoms with Gasteiger partial charge in [0.15, 0.2) is 5.43 Å².